The first-order valence-corrected chi connectivity index (χ1v) is 6.47. The van der Waals surface area contributed by atoms with Gasteiger partial charge in [-0.25, -0.2) is 0 Å². The van der Waals surface area contributed by atoms with Gasteiger partial charge in [0.2, 0.25) is 0 Å². The molecule has 0 aliphatic rings. The smallest absolute Gasteiger partial charge is 0.290 e. The number of fused-ring (bicyclic) bond motifs is 1. The summed E-state index contributed by atoms with van der Waals surface area (Å²) in [4.78, 5) is 14.3. The Bertz CT molecular complexity index is 586. The van der Waals surface area contributed by atoms with Crippen molar-refractivity contribution in [3.63, 3.8) is 0 Å². The molecule has 0 aliphatic heterocycles. The number of thiocarbonyl (C=S) groups is 1. The largest absolute Gasteiger partial charge is 0.451 e. The van der Waals surface area contributed by atoms with Crippen LogP contribution in [0.4, 0.5) is 0 Å². The molecule has 0 aliphatic carbocycles. The molecule has 100 valence electrons. The second-order valence-electron chi connectivity index (χ2n) is 4.64. The van der Waals surface area contributed by atoms with Gasteiger partial charge in [-0.05, 0) is 26.0 Å². The van der Waals surface area contributed by atoms with Crippen LogP contribution < -0.4 is 5.73 Å². The maximum absolute atomic E-state index is 12.4. The zero-order chi connectivity index (χ0) is 14.0. The van der Waals surface area contributed by atoms with Gasteiger partial charge in [-0.2, -0.15) is 0 Å². The first-order valence-electron chi connectivity index (χ1n) is 6.07. The summed E-state index contributed by atoms with van der Waals surface area (Å²) < 4.78 is 5.57. The Labute approximate surface area is 117 Å². The highest BCUT2D eigenvalue weighted by Gasteiger charge is 2.22. The number of carbonyl (C=O) groups is 1. The van der Waals surface area contributed by atoms with Crippen molar-refractivity contribution in [2.45, 2.75) is 19.9 Å². The topological polar surface area (TPSA) is 59.5 Å². The Kier molecular flexibility index (Phi) is 3.85. The minimum absolute atomic E-state index is 0.00205. The molecule has 2 N–H and O–H groups in total. The van der Waals surface area contributed by atoms with Gasteiger partial charge in [-0.15, -0.1) is 0 Å². The molecule has 19 heavy (non-hydrogen) atoms. The second kappa shape index (κ2) is 5.40. The number of furan rings is 1. The van der Waals surface area contributed by atoms with Crippen molar-refractivity contribution >= 4 is 34.1 Å². The van der Waals surface area contributed by atoms with Crippen molar-refractivity contribution in [2.75, 3.05) is 6.54 Å². The first-order chi connectivity index (χ1) is 8.99. The molecule has 1 heterocycles. The van der Waals surface area contributed by atoms with Gasteiger partial charge in [-0.1, -0.05) is 30.4 Å². The van der Waals surface area contributed by atoms with E-state index < -0.39 is 0 Å². The van der Waals surface area contributed by atoms with Gasteiger partial charge in [0.1, 0.15) is 5.58 Å². The minimum atomic E-state index is -0.195. The van der Waals surface area contributed by atoms with E-state index in [4.69, 9.17) is 22.4 Å². The van der Waals surface area contributed by atoms with E-state index >= 15 is 0 Å². The van der Waals surface area contributed by atoms with Crippen molar-refractivity contribution < 1.29 is 9.21 Å². The average Bonchev–Trinajstić information content (AvgIpc) is 2.78. The Morgan fingerprint density at radius 1 is 1.42 bits per heavy atom. The second-order valence-corrected chi connectivity index (χ2v) is 5.17. The monoisotopic (exact) mass is 276 g/mol. The number of rotatable bonds is 4. The molecule has 0 radical (unpaired) electrons. The van der Waals surface area contributed by atoms with Crippen molar-refractivity contribution in [3.8, 4) is 0 Å². The van der Waals surface area contributed by atoms with E-state index in [1.165, 1.54) is 0 Å². The predicted molar refractivity (Wildman–Crippen MR) is 79.2 cm³/mol. The zero-order valence-corrected chi connectivity index (χ0v) is 11.7. The number of nitrogens with two attached hydrogens (primary N) is 1. The average molecular weight is 276 g/mol. The zero-order valence-electron chi connectivity index (χ0n) is 10.9. The van der Waals surface area contributed by atoms with E-state index in [9.17, 15) is 4.79 Å². The van der Waals surface area contributed by atoms with Gasteiger partial charge in [0, 0.05) is 11.4 Å². The molecule has 0 spiro atoms. The van der Waals surface area contributed by atoms with Crippen LogP contribution in [-0.2, 0) is 0 Å². The molecular formula is C14H16N2O2S. The molecule has 4 nitrogen and oxygen atoms in total. The summed E-state index contributed by atoms with van der Waals surface area (Å²) in [6.45, 7) is 4.08. The van der Waals surface area contributed by atoms with E-state index in [-0.39, 0.29) is 23.5 Å². The molecule has 0 atom stereocenters. The molecule has 2 rings (SSSR count). The van der Waals surface area contributed by atoms with Crippen LogP contribution in [0.2, 0.25) is 0 Å². The Hall–Kier alpha value is -1.88. The number of nitrogens with zero attached hydrogens (tertiary/aromatic N) is 1. The van der Waals surface area contributed by atoms with E-state index in [2.05, 4.69) is 0 Å². The lowest BCUT2D eigenvalue weighted by Gasteiger charge is -2.25. The standard InChI is InChI=1S/C14H16N2O2S/c1-9(2)16(8-13(15)19)14(17)12-7-10-5-3-4-6-11(10)18-12/h3-7,9H,8H2,1-2H3,(H2,15,19). The van der Waals surface area contributed by atoms with E-state index in [1.54, 1.807) is 11.0 Å². The van der Waals surface area contributed by atoms with Crippen LogP contribution in [0.25, 0.3) is 11.0 Å². The Morgan fingerprint density at radius 2 is 2.11 bits per heavy atom. The third-order valence-electron chi connectivity index (χ3n) is 2.85. The molecule has 0 unspecified atom stereocenters. The predicted octanol–water partition coefficient (Wildman–Crippen LogP) is 2.57. The van der Waals surface area contributed by atoms with Crippen LogP contribution in [0, 0.1) is 0 Å². The SMILES string of the molecule is CC(C)N(CC(N)=S)C(=O)c1cc2ccccc2o1. The number of hydrogen-bond acceptors (Lipinski definition) is 3. The number of benzene rings is 1. The lowest BCUT2D eigenvalue weighted by Crippen LogP contribution is -2.42. The van der Waals surface area contributed by atoms with Gasteiger partial charge in [-0.3, -0.25) is 4.79 Å². The molecule has 1 aromatic carbocycles. The van der Waals surface area contributed by atoms with E-state index in [0.29, 0.717) is 11.3 Å². The fourth-order valence-corrected chi connectivity index (χ4v) is 2.02. The third-order valence-corrected chi connectivity index (χ3v) is 2.98. The first kappa shape index (κ1) is 13.5. The van der Waals surface area contributed by atoms with Gasteiger partial charge in [0.15, 0.2) is 5.76 Å². The van der Waals surface area contributed by atoms with Crippen LogP contribution in [0.3, 0.4) is 0 Å². The lowest BCUT2D eigenvalue weighted by molar-refractivity contribution is 0.0706. The number of hydrogen-bond donors (Lipinski definition) is 1. The number of para-hydroxylation sites is 1. The third kappa shape index (κ3) is 2.93. The van der Waals surface area contributed by atoms with Crippen molar-refractivity contribution in [2.24, 2.45) is 5.73 Å². The summed E-state index contributed by atoms with van der Waals surface area (Å²) in [7, 11) is 0. The molecule has 1 amide bonds. The fraction of sp³-hybridized carbons (Fsp3) is 0.286. The van der Waals surface area contributed by atoms with Crippen LogP contribution in [0.1, 0.15) is 24.4 Å². The van der Waals surface area contributed by atoms with E-state index in [0.717, 1.165) is 5.39 Å². The molecular weight excluding hydrogens is 260 g/mol. The molecule has 0 bridgehead atoms. The molecule has 0 saturated heterocycles. The van der Waals surface area contributed by atoms with Crippen LogP contribution in [0.5, 0.6) is 0 Å². The normalized spacial score (nSPS) is 10.9. The molecule has 2 aromatic rings. The molecule has 0 fully saturated rings. The van der Waals surface area contributed by atoms with Crippen LogP contribution in [-0.4, -0.2) is 28.4 Å². The summed E-state index contributed by atoms with van der Waals surface area (Å²) in [6.07, 6.45) is 0. The highest BCUT2D eigenvalue weighted by molar-refractivity contribution is 7.80. The van der Waals surface area contributed by atoms with E-state index in [1.807, 2.05) is 38.1 Å². The van der Waals surface area contributed by atoms with Crippen molar-refractivity contribution in [1.82, 2.24) is 4.90 Å². The summed E-state index contributed by atoms with van der Waals surface area (Å²) >= 11 is 4.88. The van der Waals surface area contributed by atoms with Gasteiger partial charge >= 0.3 is 0 Å². The Balaban J connectivity index is 2.32. The number of carbonyl (C=O) groups excluding carboxylic acids is 1. The van der Waals surface area contributed by atoms with Crippen LogP contribution in [0.15, 0.2) is 34.7 Å². The quantitative estimate of drug-likeness (QED) is 0.872. The summed E-state index contributed by atoms with van der Waals surface area (Å²) in [6, 6.07) is 9.26. The van der Waals surface area contributed by atoms with Gasteiger partial charge in [0.25, 0.3) is 5.91 Å². The van der Waals surface area contributed by atoms with Crippen LogP contribution >= 0.6 is 12.2 Å². The highest BCUT2D eigenvalue weighted by atomic mass is 32.1. The Morgan fingerprint density at radius 3 is 2.68 bits per heavy atom. The van der Waals surface area contributed by atoms with Gasteiger partial charge in [0.05, 0.1) is 11.5 Å². The highest BCUT2D eigenvalue weighted by Crippen LogP contribution is 2.20. The minimum Gasteiger partial charge on any atom is -0.451 e. The maximum atomic E-state index is 12.4. The van der Waals surface area contributed by atoms with Crippen molar-refractivity contribution in [3.05, 3.63) is 36.1 Å². The molecule has 1 aromatic heterocycles. The van der Waals surface area contributed by atoms with Gasteiger partial charge < -0.3 is 15.1 Å². The fourth-order valence-electron chi connectivity index (χ4n) is 1.89. The summed E-state index contributed by atoms with van der Waals surface area (Å²) in [5.41, 5.74) is 6.23. The maximum Gasteiger partial charge on any atom is 0.290 e. The lowest BCUT2D eigenvalue weighted by atomic mass is 10.2. The van der Waals surface area contributed by atoms with Crippen molar-refractivity contribution in [1.29, 1.82) is 0 Å². The molecule has 0 saturated carbocycles. The molecule has 5 heteroatoms. The number of amides is 1. The summed E-state index contributed by atoms with van der Waals surface area (Å²) in [5.74, 6) is 0.116. The summed E-state index contributed by atoms with van der Waals surface area (Å²) in [5, 5.41) is 0.907.